The Balaban J connectivity index is 1.25. The lowest BCUT2D eigenvalue weighted by Crippen LogP contribution is -2.48. The monoisotopic (exact) mass is 383 g/mol. The molecule has 4 rings (SSSR count). The van der Waals surface area contributed by atoms with Crippen LogP contribution in [0.1, 0.15) is 48.9 Å². The Morgan fingerprint density at radius 2 is 1.57 bits per heavy atom. The van der Waals surface area contributed by atoms with Crippen molar-refractivity contribution in [3.05, 3.63) is 35.9 Å². The Bertz CT molecular complexity index is 782. The van der Waals surface area contributed by atoms with E-state index < -0.39 is 0 Å². The first kappa shape index (κ1) is 18.7. The average molecular weight is 383 g/mol. The van der Waals surface area contributed by atoms with Crippen molar-refractivity contribution in [2.45, 2.75) is 50.6 Å². The van der Waals surface area contributed by atoms with Gasteiger partial charge in [-0.25, -0.2) is 4.79 Å². The van der Waals surface area contributed by atoms with E-state index in [-0.39, 0.29) is 55.1 Å². The van der Waals surface area contributed by atoms with Crippen LogP contribution < -0.4 is 0 Å². The number of piperidine rings is 1. The van der Waals surface area contributed by atoms with Crippen LogP contribution in [0.25, 0.3) is 0 Å². The number of nitrogens with zero attached hydrogens (tertiary/aromatic N) is 3. The number of hydrogen-bond acceptors (Lipinski definition) is 4. The molecule has 0 spiro atoms. The van der Waals surface area contributed by atoms with Crippen molar-refractivity contribution in [2.24, 2.45) is 0 Å². The van der Waals surface area contributed by atoms with Crippen molar-refractivity contribution < 1.29 is 19.2 Å². The van der Waals surface area contributed by atoms with Crippen LogP contribution in [-0.2, 0) is 9.59 Å². The second-order valence-corrected chi connectivity index (χ2v) is 7.81. The molecule has 28 heavy (non-hydrogen) atoms. The van der Waals surface area contributed by atoms with Crippen molar-refractivity contribution in [1.29, 1.82) is 0 Å². The highest BCUT2D eigenvalue weighted by atomic mass is 16.2. The summed E-state index contributed by atoms with van der Waals surface area (Å²) in [6, 6.07) is 8.96. The van der Waals surface area contributed by atoms with Crippen LogP contribution in [-0.4, -0.2) is 70.0 Å². The molecule has 2 saturated heterocycles. The van der Waals surface area contributed by atoms with Crippen LogP contribution in [0.15, 0.2) is 30.3 Å². The average Bonchev–Trinajstić information content (AvgIpc) is 3.51. The third-order valence-electron chi connectivity index (χ3n) is 5.86. The number of carbonyl (C=O) groups is 4. The molecule has 0 atom stereocenters. The molecule has 3 aliphatic rings. The molecule has 0 unspecified atom stereocenters. The minimum Gasteiger partial charge on any atom is -0.343 e. The number of amides is 4. The van der Waals surface area contributed by atoms with Crippen LogP contribution in [0.4, 0.5) is 4.79 Å². The normalized spacial score (nSPS) is 20.8. The predicted octanol–water partition coefficient (Wildman–Crippen LogP) is 2.07. The Morgan fingerprint density at radius 1 is 0.893 bits per heavy atom. The number of imide groups is 1. The molecule has 1 aliphatic carbocycles. The number of urea groups is 1. The van der Waals surface area contributed by atoms with Gasteiger partial charge in [0.05, 0.1) is 0 Å². The molecule has 0 radical (unpaired) electrons. The molecule has 4 amide bonds. The summed E-state index contributed by atoms with van der Waals surface area (Å²) in [6.45, 7) is 1.29. The van der Waals surface area contributed by atoms with Crippen LogP contribution in [0.3, 0.4) is 0 Å². The minimum atomic E-state index is -0.161. The molecule has 2 aliphatic heterocycles. The minimum absolute atomic E-state index is 0.00945. The third kappa shape index (κ3) is 3.79. The van der Waals surface area contributed by atoms with Gasteiger partial charge in [-0.05, 0) is 25.7 Å². The fourth-order valence-corrected chi connectivity index (χ4v) is 4.09. The Morgan fingerprint density at radius 3 is 2.21 bits per heavy atom. The van der Waals surface area contributed by atoms with Crippen LogP contribution in [0.2, 0.25) is 0 Å². The highest BCUT2D eigenvalue weighted by Crippen LogP contribution is 2.32. The van der Waals surface area contributed by atoms with E-state index in [1.807, 2.05) is 18.2 Å². The molecule has 0 N–H and O–H groups in total. The fraction of sp³-hybridized carbons (Fsp3) is 0.524. The highest BCUT2D eigenvalue weighted by molar-refractivity contribution is 6.02. The summed E-state index contributed by atoms with van der Waals surface area (Å²) in [6.07, 6.45) is 3.60. The maximum atomic E-state index is 12.5. The largest absolute Gasteiger partial charge is 0.343 e. The molecule has 7 heteroatoms. The first-order valence-corrected chi connectivity index (χ1v) is 10.0. The zero-order valence-corrected chi connectivity index (χ0v) is 15.9. The van der Waals surface area contributed by atoms with Gasteiger partial charge in [-0.1, -0.05) is 30.3 Å². The van der Waals surface area contributed by atoms with Crippen LogP contribution in [0, 0.1) is 0 Å². The molecule has 0 bridgehead atoms. The van der Waals surface area contributed by atoms with Crippen molar-refractivity contribution in [1.82, 2.24) is 14.7 Å². The van der Waals surface area contributed by atoms with Gasteiger partial charge in [0.15, 0.2) is 5.78 Å². The lowest BCUT2D eigenvalue weighted by Gasteiger charge is -2.36. The molecule has 1 saturated carbocycles. The van der Waals surface area contributed by atoms with Gasteiger partial charge in [-0.2, -0.15) is 0 Å². The lowest BCUT2D eigenvalue weighted by atomic mass is 10.0. The number of rotatable bonds is 6. The number of likely N-dealkylation sites (tertiary alicyclic amines) is 1. The second kappa shape index (κ2) is 7.73. The van der Waals surface area contributed by atoms with E-state index in [4.69, 9.17) is 0 Å². The van der Waals surface area contributed by atoms with Gasteiger partial charge in [0.25, 0.3) is 5.91 Å². The van der Waals surface area contributed by atoms with Gasteiger partial charge in [0, 0.05) is 43.6 Å². The number of hydrogen-bond donors (Lipinski definition) is 0. The van der Waals surface area contributed by atoms with Crippen molar-refractivity contribution in [2.75, 3.05) is 19.6 Å². The van der Waals surface area contributed by atoms with Gasteiger partial charge in [0.1, 0.15) is 6.54 Å². The molecular formula is C21H25N3O4. The summed E-state index contributed by atoms with van der Waals surface area (Å²) in [4.78, 5) is 54.2. The molecule has 1 aromatic rings. The molecule has 2 heterocycles. The van der Waals surface area contributed by atoms with Gasteiger partial charge < -0.3 is 9.80 Å². The molecule has 1 aromatic carbocycles. The van der Waals surface area contributed by atoms with Crippen molar-refractivity contribution >= 4 is 23.6 Å². The van der Waals surface area contributed by atoms with Gasteiger partial charge in [-0.3, -0.25) is 19.3 Å². The molecular weight excluding hydrogens is 358 g/mol. The van der Waals surface area contributed by atoms with E-state index in [1.165, 1.54) is 4.90 Å². The van der Waals surface area contributed by atoms with Crippen molar-refractivity contribution in [3.63, 3.8) is 0 Å². The second-order valence-electron chi connectivity index (χ2n) is 7.81. The predicted molar refractivity (Wildman–Crippen MR) is 102 cm³/mol. The SMILES string of the molecule is O=C(CCC(=O)N1CCC(N2CC(=O)N(C3CC3)C2=O)CC1)c1ccccc1. The lowest BCUT2D eigenvalue weighted by molar-refractivity contribution is -0.132. The molecule has 148 valence electrons. The summed E-state index contributed by atoms with van der Waals surface area (Å²) in [5.74, 6) is -0.137. The zero-order valence-electron chi connectivity index (χ0n) is 15.9. The summed E-state index contributed by atoms with van der Waals surface area (Å²) in [5, 5.41) is 0. The summed E-state index contributed by atoms with van der Waals surface area (Å²) in [7, 11) is 0. The highest BCUT2D eigenvalue weighted by Gasteiger charge is 2.47. The van der Waals surface area contributed by atoms with Gasteiger partial charge in [0.2, 0.25) is 5.91 Å². The smallest absolute Gasteiger partial charge is 0.327 e. The van der Waals surface area contributed by atoms with Gasteiger partial charge >= 0.3 is 6.03 Å². The fourth-order valence-electron chi connectivity index (χ4n) is 4.09. The quantitative estimate of drug-likeness (QED) is 0.557. The summed E-state index contributed by atoms with van der Waals surface area (Å²) >= 11 is 0. The number of Topliss-reactive ketones (excluding diaryl/α,β-unsaturated/α-hetero) is 1. The maximum absolute atomic E-state index is 12.5. The number of ketones is 1. The van der Waals surface area contributed by atoms with E-state index in [0.29, 0.717) is 31.5 Å². The third-order valence-corrected chi connectivity index (χ3v) is 5.86. The molecule has 3 fully saturated rings. The summed E-state index contributed by atoms with van der Waals surface area (Å²) < 4.78 is 0. The zero-order chi connectivity index (χ0) is 19.7. The topological polar surface area (TPSA) is 78.0 Å². The first-order valence-electron chi connectivity index (χ1n) is 10.0. The Hall–Kier alpha value is -2.70. The molecule has 7 nitrogen and oxygen atoms in total. The van der Waals surface area contributed by atoms with Crippen LogP contribution >= 0.6 is 0 Å². The molecule has 0 aromatic heterocycles. The van der Waals surface area contributed by atoms with E-state index in [1.54, 1.807) is 21.9 Å². The first-order chi connectivity index (χ1) is 13.5. The van der Waals surface area contributed by atoms with E-state index in [9.17, 15) is 19.2 Å². The number of carbonyl (C=O) groups excluding carboxylic acids is 4. The van der Waals surface area contributed by atoms with Crippen LogP contribution in [0.5, 0.6) is 0 Å². The van der Waals surface area contributed by atoms with Crippen molar-refractivity contribution in [3.8, 4) is 0 Å². The maximum Gasteiger partial charge on any atom is 0.327 e. The Kier molecular flexibility index (Phi) is 5.15. The standard InChI is InChI=1S/C21H25N3O4/c25-18(15-4-2-1-3-5-15)8-9-19(26)22-12-10-16(11-13-22)23-14-20(27)24(21(23)28)17-6-7-17/h1-5,16-17H,6-14H2. The number of benzene rings is 1. The summed E-state index contributed by atoms with van der Waals surface area (Å²) in [5.41, 5.74) is 0.631. The van der Waals surface area contributed by atoms with E-state index in [0.717, 1.165) is 12.8 Å². The van der Waals surface area contributed by atoms with Gasteiger partial charge in [-0.15, -0.1) is 0 Å². The Labute approximate surface area is 164 Å². The van der Waals surface area contributed by atoms with E-state index in [2.05, 4.69) is 0 Å². The van der Waals surface area contributed by atoms with E-state index >= 15 is 0 Å².